The number of anilines is 1. The molecule has 0 radical (unpaired) electrons. The van der Waals surface area contributed by atoms with Gasteiger partial charge in [-0.05, 0) is 29.8 Å². The first-order valence-electron chi connectivity index (χ1n) is 9.85. The van der Waals surface area contributed by atoms with Crippen molar-refractivity contribution in [2.24, 2.45) is 7.05 Å². The van der Waals surface area contributed by atoms with Crippen LogP contribution in [-0.4, -0.2) is 36.8 Å². The molecule has 0 aliphatic carbocycles. The summed E-state index contributed by atoms with van der Waals surface area (Å²) < 4.78 is 15.3. The number of aromatic nitrogens is 2. The average Bonchev–Trinajstić information content (AvgIpc) is 3.07. The summed E-state index contributed by atoms with van der Waals surface area (Å²) in [5, 5.41) is 0. The molecule has 1 aromatic heterocycles. The molecule has 0 spiro atoms. The zero-order valence-electron chi connectivity index (χ0n) is 17.3. The lowest BCUT2D eigenvalue weighted by Crippen LogP contribution is -3.00. The fraction of sp³-hybridized carbons (Fsp3) is 0.304. The first-order valence-corrected chi connectivity index (χ1v) is 9.85. The van der Waals surface area contributed by atoms with Crippen molar-refractivity contribution in [1.82, 2.24) is 4.57 Å². The number of ether oxygens (including phenoxy) is 2. The Hall–Kier alpha value is -2.83. The summed E-state index contributed by atoms with van der Waals surface area (Å²) in [5.41, 5.74) is 2.72. The molecule has 6 nitrogen and oxygen atoms in total. The van der Waals surface area contributed by atoms with Crippen molar-refractivity contribution >= 4 is 11.7 Å². The van der Waals surface area contributed by atoms with Crippen LogP contribution in [0.3, 0.4) is 0 Å². The van der Waals surface area contributed by atoms with Gasteiger partial charge in [0, 0.05) is 31.8 Å². The predicted molar refractivity (Wildman–Crippen MR) is 110 cm³/mol. The highest BCUT2D eigenvalue weighted by atomic mass is 35.5. The summed E-state index contributed by atoms with van der Waals surface area (Å²) in [4.78, 5) is 14.8. The van der Waals surface area contributed by atoms with Crippen LogP contribution >= 0.6 is 0 Å². The second-order valence-corrected chi connectivity index (χ2v) is 7.27. The van der Waals surface area contributed by atoms with Crippen LogP contribution in [-0.2, 0) is 18.3 Å². The minimum atomic E-state index is -0.348. The molecule has 30 heavy (non-hydrogen) atoms. The van der Waals surface area contributed by atoms with E-state index in [2.05, 4.69) is 27.2 Å². The van der Waals surface area contributed by atoms with E-state index in [4.69, 9.17) is 9.47 Å². The lowest BCUT2D eigenvalue weighted by atomic mass is 10.1. The minimum Gasteiger partial charge on any atom is -1.00 e. The van der Waals surface area contributed by atoms with Gasteiger partial charge in [0.15, 0.2) is 0 Å². The molecule has 1 fully saturated rings. The van der Waals surface area contributed by atoms with Gasteiger partial charge >= 0.3 is 5.97 Å². The molecule has 7 heteroatoms. The minimum absolute atomic E-state index is 0. The van der Waals surface area contributed by atoms with Crippen molar-refractivity contribution in [3.63, 3.8) is 0 Å². The molecule has 0 amide bonds. The molecular weight excluding hydrogens is 402 g/mol. The van der Waals surface area contributed by atoms with Gasteiger partial charge in [-0.25, -0.2) is 13.9 Å². The molecule has 1 aliphatic rings. The number of hydrogen-bond acceptors (Lipinski definition) is 4. The molecule has 0 atom stereocenters. The van der Waals surface area contributed by atoms with Crippen LogP contribution < -0.4 is 26.6 Å². The second-order valence-electron chi connectivity index (χ2n) is 7.27. The summed E-state index contributed by atoms with van der Waals surface area (Å²) in [6.07, 6.45) is 4.09. The van der Waals surface area contributed by atoms with Crippen molar-refractivity contribution < 1.29 is 31.2 Å². The maximum absolute atomic E-state index is 12.6. The fourth-order valence-corrected chi connectivity index (χ4v) is 3.44. The third-order valence-corrected chi connectivity index (χ3v) is 5.34. The van der Waals surface area contributed by atoms with Crippen molar-refractivity contribution in [3.8, 4) is 5.75 Å². The standard InChI is InChI=1S/C23H26N3O3.ClH/c1-18-24(2)10-11-26(18)17-19-6-8-20(9-7-19)23(27)29-22-5-3-4-21(16-22)25-12-14-28-15-13-25;/h3-11,16H,12-15,17H2,1-2H3;1H/q+1;/p-1. The predicted octanol–water partition coefficient (Wildman–Crippen LogP) is -0.271. The molecular formula is C23H26ClN3O3. The largest absolute Gasteiger partial charge is 1.00 e. The van der Waals surface area contributed by atoms with Gasteiger partial charge in [-0.15, -0.1) is 0 Å². The zero-order valence-corrected chi connectivity index (χ0v) is 18.0. The quantitative estimate of drug-likeness (QED) is 0.319. The maximum Gasteiger partial charge on any atom is 0.343 e. The van der Waals surface area contributed by atoms with Gasteiger partial charge < -0.3 is 26.8 Å². The SMILES string of the molecule is Cc1n(Cc2ccc(C(=O)Oc3cccc(N4CCOCC4)c3)cc2)cc[n+]1C.[Cl-]. The van der Waals surface area contributed by atoms with Crippen LogP contribution in [0.15, 0.2) is 60.9 Å². The maximum atomic E-state index is 12.6. The number of benzene rings is 2. The number of carbonyl (C=O) groups excluding carboxylic acids is 1. The third-order valence-electron chi connectivity index (χ3n) is 5.34. The summed E-state index contributed by atoms with van der Waals surface area (Å²) >= 11 is 0. The van der Waals surface area contributed by atoms with E-state index in [1.807, 2.05) is 61.8 Å². The monoisotopic (exact) mass is 427 g/mol. The van der Waals surface area contributed by atoms with Crippen LogP contribution in [0.5, 0.6) is 5.75 Å². The summed E-state index contributed by atoms with van der Waals surface area (Å²) in [6.45, 7) is 5.98. The van der Waals surface area contributed by atoms with Crippen LogP contribution in [0.25, 0.3) is 0 Å². The Labute approximate surface area is 183 Å². The van der Waals surface area contributed by atoms with Crippen LogP contribution in [0, 0.1) is 6.92 Å². The van der Waals surface area contributed by atoms with E-state index < -0.39 is 0 Å². The number of aryl methyl sites for hydroxylation is 1. The molecule has 3 aromatic rings. The number of hydrogen-bond donors (Lipinski definition) is 0. The number of imidazole rings is 1. The van der Waals surface area contributed by atoms with Crippen LogP contribution in [0.1, 0.15) is 21.7 Å². The molecule has 0 saturated carbocycles. The van der Waals surface area contributed by atoms with Gasteiger partial charge in [0.25, 0.3) is 5.82 Å². The lowest BCUT2D eigenvalue weighted by Gasteiger charge is -2.29. The van der Waals surface area contributed by atoms with Crippen LogP contribution in [0.2, 0.25) is 0 Å². The number of morpholine rings is 1. The van der Waals surface area contributed by atoms with Gasteiger partial charge in [-0.2, -0.15) is 0 Å². The van der Waals surface area contributed by atoms with E-state index in [-0.39, 0.29) is 18.4 Å². The Bertz CT molecular complexity index is 995. The van der Waals surface area contributed by atoms with E-state index in [9.17, 15) is 4.79 Å². The lowest BCUT2D eigenvalue weighted by molar-refractivity contribution is -0.677. The van der Waals surface area contributed by atoms with Crippen LogP contribution in [0.4, 0.5) is 5.69 Å². The number of nitrogens with zero attached hydrogens (tertiary/aromatic N) is 3. The number of halogens is 1. The van der Waals surface area contributed by atoms with Gasteiger partial charge in [0.1, 0.15) is 24.7 Å². The molecule has 4 rings (SSSR count). The van der Waals surface area contributed by atoms with E-state index in [0.29, 0.717) is 11.3 Å². The van der Waals surface area contributed by atoms with Crippen molar-refractivity contribution in [2.45, 2.75) is 13.5 Å². The topological polar surface area (TPSA) is 47.6 Å². The Balaban J connectivity index is 0.00000256. The molecule has 1 aliphatic heterocycles. The van der Waals surface area contributed by atoms with E-state index in [1.165, 1.54) is 5.82 Å². The Morgan fingerprint density at radius 1 is 1.13 bits per heavy atom. The normalized spacial score (nSPS) is 13.6. The second kappa shape index (κ2) is 9.78. The number of esters is 1. The average molecular weight is 428 g/mol. The first kappa shape index (κ1) is 21.9. The summed E-state index contributed by atoms with van der Waals surface area (Å²) in [5.74, 6) is 1.38. The highest BCUT2D eigenvalue weighted by molar-refractivity contribution is 5.91. The number of carbonyl (C=O) groups is 1. The molecule has 0 N–H and O–H groups in total. The smallest absolute Gasteiger partial charge is 0.343 e. The Morgan fingerprint density at radius 3 is 2.53 bits per heavy atom. The Morgan fingerprint density at radius 2 is 1.87 bits per heavy atom. The molecule has 2 heterocycles. The third kappa shape index (κ3) is 5.01. The highest BCUT2D eigenvalue weighted by Gasteiger charge is 2.14. The molecule has 0 unspecified atom stereocenters. The van der Waals surface area contributed by atoms with E-state index >= 15 is 0 Å². The van der Waals surface area contributed by atoms with Crippen molar-refractivity contribution in [2.75, 3.05) is 31.2 Å². The van der Waals surface area contributed by atoms with Crippen molar-refractivity contribution in [1.29, 1.82) is 0 Å². The van der Waals surface area contributed by atoms with Crippen molar-refractivity contribution in [3.05, 3.63) is 77.9 Å². The highest BCUT2D eigenvalue weighted by Crippen LogP contribution is 2.23. The Kier molecular flexibility index (Phi) is 7.13. The van der Waals surface area contributed by atoms with E-state index in [1.54, 1.807) is 0 Å². The van der Waals surface area contributed by atoms with E-state index in [0.717, 1.165) is 44.1 Å². The number of rotatable bonds is 5. The van der Waals surface area contributed by atoms with Gasteiger partial charge in [0.2, 0.25) is 0 Å². The van der Waals surface area contributed by atoms with Gasteiger partial charge in [-0.1, -0.05) is 18.2 Å². The molecule has 158 valence electrons. The summed E-state index contributed by atoms with van der Waals surface area (Å²) in [6, 6.07) is 15.2. The van der Waals surface area contributed by atoms with Gasteiger partial charge in [-0.3, -0.25) is 0 Å². The fourth-order valence-electron chi connectivity index (χ4n) is 3.44. The van der Waals surface area contributed by atoms with Gasteiger partial charge in [0.05, 0.1) is 25.8 Å². The first-order chi connectivity index (χ1) is 14.1. The molecule has 1 saturated heterocycles. The zero-order chi connectivity index (χ0) is 20.2. The molecule has 2 aromatic carbocycles. The molecule has 0 bridgehead atoms. The summed E-state index contributed by atoms with van der Waals surface area (Å²) in [7, 11) is 2.03.